The largest absolute Gasteiger partial charge is 0.327 e. The van der Waals surface area contributed by atoms with Gasteiger partial charge in [-0.3, -0.25) is 0 Å². The molecule has 0 radical (unpaired) electrons. The van der Waals surface area contributed by atoms with Crippen LogP contribution in [0.1, 0.15) is 27.7 Å². The van der Waals surface area contributed by atoms with E-state index in [1.54, 1.807) is 0 Å². The van der Waals surface area contributed by atoms with E-state index >= 15 is 0 Å². The number of nitrogens with two attached hydrogens (primary N) is 1. The van der Waals surface area contributed by atoms with Crippen molar-refractivity contribution < 1.29 is 4.58 Å². The summed E-state index contributed by atoms with van der Waals surface area (Å²) in [6, 6.07) is 3.90. The van der Waals surface area contributed by atoms with E-state index in [1.807, 2.05) is 0 Å². The van der Waals surface area contributed by atoms with E-state index in [-0.39, 0.29) is 0 Å². The summed E-state index contributed by atoms with van der Waals surface area (Å²) in [5.41, 5.74) is 5.31. The van der Waals surface area contributed by atoms with Crippen molar-refractivity contribution in [1.82, 2.24) is 0 Å². The Bertz CT molecular complexity index is 166. The molecule has 0 amide bonds. The minimum atomic E-state index is 0.450. The van der Waals surface area contributed by atoms with Crippen LogP contribution in [0.5, 0.6) is 0 Å². The molecule has 3 heteroatoms. The minimum Gasteiger partial charge on any atom is -0.327 e. The highest BCUT2D eigenvalue weighted by Gasteiger charge is 2.09. The van der Waals surface area contributed by atoms with Gasteiger partial charge in [-0.2, -0.15) is 0 Å². The highest BCUT2D eigenvalue weighted by molar-refractivity contribution is 5.34. The maximum atomic E-state index is 5.31. The standard InChI is InChI=1S/C9H20N3/c1-8(2)12(9(3)4)7-11-6-5-10/h8-9H,5-6,10H2,1-4H3/q+1. The molecule has 0 aliphatic rings. The Balaban J connectivity index is 4.38. The van der Waals surface area contributed by atoms with Gasteiger partial charge in [-0.05, 0) is 32.7 Å². The molecule has 3 nitrogen and oxygen atoms in total. The van der Waals surface area contributed by atoms with E-state index < -0.39 is 0 Å². The number of nitrogens with zero attached hydrogens (tertiary/aromatic N) is 2. The monoisotopic (exact) mass is 170 g/mol. The van der Waals surface area contributed by atoms with Crippen molar-refractivity contribution in [2.75, 3.05) is 13.1 Å². The van der Waals surface area contributed by atoms with Crippen LogP contribution in [0.3, 0.4) is 0 Å². The summed E-state index contributed by atoms with van der Waals surface area (Å²) in [4.78, 5) is 4.08. The summed E-state index contributed by atoms with van der Waals surface area (Å²) in [7, 11) is 0. The zero-order chi connectivity index (χ0) is 9.56. The third-order valence-electron chi connectivity index (χ3n) is 1.54. The lowest BCUT2D eigenvalue weighted by atomic mass is 10.3. The first-order valence-corrected chi connectivity index (χ1v) is 4.50. The number of hydrogen-bond donors (Lipinski definition) is 1. The molecule has 0 heterocycles. The smallest absolute Gasteiger partial charge is 0.306 e. The fourth-order valence-electron chi connectivity index (χ4n) is 1.02. The summed E-state index contributed by atoms with van der Waals surface area (Å²) in [5.74, 6) is 0. The second-order valence-corrected chi connectivity index (χ2v) is 3.37. The van der Waals surface area contributed by atoms with Crippen LogP contribution < -0.4 is 5.73 Å². The van der Waals surface area contributed by atoms with Gasteiger partial charge in [-0.1, -0.05) is 0 Å². The molecule has 0 atom stereocenters. The summed E-state index contributed by atoms with van der Waals surface area (Å²) in [6.45, 7) is 9.78. The highest BCUT2D eigenvalue weighted by atomic mass is 15.1. The lowest BCUT2D eigenvalue weighted by molar-refractivity contribution is -0.582. The van der Waals surface area contributed by atoms with Gasteiger partial charge in [0.25, 0.3) is 0 Å². The molecule has 0 aromatic heterocycles. The zero-order valence-corrected chi connectivity index (χ0v) is 8.54. The molecule has 0 rings (SSSR count). The van der Waals surface area contributed by atoms with Crippen molar-refractivity contribution in [3.8, 4) is 0 Å². The summed E-state index contributed by atoms with van der Waals surface area (Å²) in [6.07, 6.45) is 0. The van der Waals surface area contributed by atoms with Gasteiger partial charge in [-0.15, -0.1) is 0 Å². The second-order valence-electron chi connectivity index (χ2n) is 3.37. The molecular formula is C9H20N3+. The maximum absolute atomic E-state index is 5.31. The fourth-order valence-corrected chi connectivity index (χ4v) is 1.02. The first-order chi connectivity index (χ1) is 5.59. The third-order valence-corrected chi connectivity index (χ3v) is 1.54. The Labute approximate surface area is 75.0 Å². The molecule has 70 valence electrons. The van der Waals surface area contributed by atoms with Crippen molar-refractivity contribution in [2.24, 2.45) is 10.7 Å². The van der Waals surface area contributed by atoms with Gasteiger partial charge in [0.15, 0.2) is 6.54 Å². The Kier molecular flexibility index (Phi) is 5.60. The molecule has 2 N–H and O–H groups in total. The summed E-state index contributed by atoms with van der Waals surface area (Å²) in [5, 5.41) is 0. The quantitative estimate of drug-likeness (QED) is 0.495. The number of rotatable bonds is 4. The zero-order valence-electron chi connectivity index (χ0n) is 8.54. The van der Waals surface area contributed by atoms with Crippen LogP contribution in [0.4, 0.5) is 0 Å². The topological polar surface area (TPSA) is 41.4 Å². The van der Waals surface area contributed by atoms with Gasteiger partial charge >= 0.3 is 6.01 Å². The van der Waals surface area contributed by atoms with E-state index in [0.717, 1.165) is 0 Å². The van der Waals surface area contributed by atoms with Crippen LogP contribution in [0.2, 0.25) is 0 Å². The van der Waals surface area contributed by atoms with E-state index in [2.05, 4.69) is 43.3 Å². The van der Waals surface area contributed by atoms with Crippen molar-refractivity contribution in [3.63, 3.8) is 0 Å². The second kappa shape index (κ2) is 5.92. The van der Waals surface area contributed by atoms with Gasteiger partial charge in [0, 0.05) is 6.54 Å². The Morgan fingerprint density at radius 3 is 2.08 bits per heavy atom. The Hall–Kier alpha value is -0.660. The van der Waals surface area contributed by atoms with E-state index in [4.69, 9.17) is 5.73 Å². The molecule has 12 heavy (non-hydrogen) atoms. The molecule has 0 aromatic carbocycles. The van der Waals surface area contributed by atoms with Crippen LogP contribution >= 0.6 is 0 Å². The lowest BCUT2D eigenvalue weighted by Crippen LogP contribution is -2.26. The van der Waals surface area contributed by atoms with E-state index in [9.17, 15) is 0 Å². The molecule has 0 bridgehead atoms. The van der Waals surface area contributed by atoms with Crippen LogP contribution in [0.25, 0.3) is 0 Å². The number of aliphatic imine (C=N–C) groups is 1. The molecule has 0 aliphatic carbocycles. The van der Waals surface area contributed by atoms with Gasteiger partial charge in [-0.25, -0.2) is 4.58 Å². The third kappa shape index (κ3) is 4.27. The van der Waals surface area contributed by atoms with Crippen molar-refractivity contribution in [1.29, 1.82) is 0 Å². The highest BCUT2D eigenvalue weighted by Crippen LogP contribution is 1.93. The lowest BCUT2D eigenvalue weighted by Gasteiger charge is -2.09. The average molecular weight is 170 g/mol. The first-order valence-electron chi connectivity index (χ1n) is 4.50. The molecule has 0 spiro atoms. The summed E-state index contributed by atoms with van der Waals surface area (Å²) >= 11 is 0. The SMILES string of the molecule is CC(C)[N+](=C=NCCN)C(C)C. The Morgan fingerprint density at radius 1 is 1.25 bits per heavy atom. The molecule has 0 aromatic rings. The normalized spacial score (nSPS) is 10.2. The fraction of sp³-hybridized carbons (Fsp3) is 0.889. The van der Waals surface area contributed by atoms with Crippen molar-refractivity contribution in [3.05, 3.63) is 0 Å². The van der Waals surface area contributed by atoms with E-state index in [1.165, 1.54) is 0 Å². The molecule has 0 saturated heterocycles. The van der Waals surface area contributed by atoms with Gasteiger partial charge in [0.2, 0.25) is 0 Å². The minimum absolute atomic E-state index is 0.450. The predicted octanol–water partition coefficient (Wildman–Crippen LogP) is 0.948. The van der Waals surface area contributed by atoms with Crippen LogP contribution in [0, 0.1) is 0 Å². The average Bonchev–Trinajstić information content (AvgIpc) is 1.96. The number of hydrogen-bond acceptors (Lipinski definition) is 2. The molecule has 0 fully saturated rings. The Morgan fingerprint density at radius 2 is 1.75 bits per heavy atom. The van der Waals surface area contributed by atoms with Gasteiger partial charge in [0.05, 0.1) is 12.1 Å². The van der Waals surface area contributed by atoms with E-state index in [0.29, 0.717) is 25.2 Å². The molecule has 0 unspecified atom stereocenters. The van der Waals surface area contributed by atoms with Crippen molar-refractivity contribution >= 4 is 6.01 Å². The first kappa shape index (κ1) is 11.3. The predicted molar refractivity (Wildman–Crippen MR) is 51.9 cm³/mol. The van der Waals surface area contributed by atoms with Crippen LogP contribution in [-0.4, -0.2) is 35.8 Å². The van der Waals surface area contributed by atoms with Crippen LogP contribution in [-0.2, 0) is 0 Å². The molecule has 0 aliphatic heterocycles. The van der Waals surface area contributed by atoms with Crippen molar-refractivity contribution in [2.45, 2.75) is 39.8 Å². The molecule has 0 saturated carbocycles. The van der Waals surface area contributed by atoms with Gasteiger partial charge in [0.1, 0.15) is 0 Å². The van der Waals surface area contributed by atoms with Gasteiger partial charge < -0.3 is 5.73 Å². The van der Waals surface area contributed by atoms with Crippen LogP contribution in [0.15, 0.2) is 4.99 Å². The molecular weight excluding hydrogens is 150 g/mol. The summed E-state index contributed by atoms with van der Waals surface area (Å²) < 4.78 is 2.09. The maximum Gasteiger partial charge on any atom is 0.306 e.